The minimum absolute atomic E-state index is 0.0173. The Labute approximate surface area is 175 Å². The molecule has 0 aliphatic carbocycles. The Kier molecular flexibility index (Phi) is 5.05. The Balaban J connectivity index is 1.55. The molecule has 0 atom stereocenters. The van der Waals surface area contributed by atoms with Gasteiger partial charge in [-0.1, -0.05) is 0 Å². The summed E-state index contributed by atoms with van der Waals surface area (Å²) in [6.45, 7) is -0.114. The van der Waals surface area contributed by atoms with E-state index in [1.807, 2.05) is 0 Å². The van der Waals surface area contributed by atoms with Crippen LogP contribution in [-0.4, -0.2) is 41.3 Å². The van der Waals surface area contributed by atoms with Crippen LogP contribution < -0.4 is 27.8 Å². The van der Waals surface area contributed by atoms with Crippen LogP contribution in [0.2, 0.25) is 0 Å². The number of anilines is 5. The van der Waals surface area contributed by atoms with E-state index in [4.69, 9.17) is 17.2 Å². The van der Waals surface area contributed by atoms with Crippen molar-refractivity contribution >= 4 is 51.9 Å². The lowest BCUT2D eigenvalue weighted by molar-refractivity contribution is -0.118. The van der Waals surface area contributed by atoms with Crippen LogP contribution in [0.25, 0.3) is 11.2 Å². The summed E-state index contributed by atoms with van der Waals surface area (Å²) in [5.74, 6) is -0.310. The summed E-state index contributed by atoms with van der Waals surface area (Å²) in [4.78, 5) is 43.1. The zero-order chi connectivity index (χ0) is 22.0. The highest BCUT2D eigenvalue weighted by Gasteiger charge is 2.16. The first-order chi connectivity index (χ1) is 14.9. The molecule has 4 rings (SSSR count). The highest BCUT2D eigenvalue weighted by molar-refractivity contribution is 5.93. The van der Waals surface area contributed by atoms with Crippen molar-refractivity contribution < 1.29 is 9.59 Å². The summed E-state index contributed by atoms with van der Waals surface area (Å²) < 4.78 is 1.53. The molecule has 9 N–H and O–H groups in total. The molecule has 0 saturated heterocycles. The largest absolute Gasteiger partial charge is 0.399 e. The summed E-state index contributed by atoms with van der Waals surface area (Å²) in [6.07, 6.45) is 2.75. The number of amides is 2. The van der Waals surface area contributed by atoms with Gasteiger partial charge in [0, 0.05) is 11.4 Å². The number of hydrogen-bond donors (Lipinski definition) is 6. The zero-order valence-corrected chi connectivity index (χ0v) is 16.2. The van der Waals surface area contributed by atoms with Gasteiger partial charge in [0.05, 0.1) is 24.8 Å². The number of fused-ring (bicyclic) bond motifs is 1. The highest BCUT2D eigenvalue weighted by Crippen LogP contribution is 2.24. The van der Waals surface area contributed by atoms with Crippen molar-refractivity contribution in [2.75, 3.05) is 22.1 Å². The van der Waals surface area contributed by atoms with E-state index in [0.717, 1.165) is 5.69 Å². The summed E-state index contributed by atoms with van der Waals surface area (Å²) in [6, 6.07) is 7.07. The van der Waals surface area contributed by atoms with Gasteiger partial charge in [-0.3, -0.25) is 9.59 Å². The molecule has 31 heavy (non-hydrogen) atoms. The molecule has 0 fully saturated rings. The number of H-pyrrole nitrogens is 1. The van der Waals surface area contributed by atoms with Crippen LogP contribution in [-0.2, 0) is 22.6 Å². The number of nitrogens with zero attached hydrogens (tertiary/aromatic N) is 5. The summed E-state index contributed by atoms with van der Waals surface area (Å²) in [5.41, 5.74) is 19.4. The van der Waals surface area contributed by atoms with E-state index >= 15 is 0 Å². The lowest BCUT2D eigenvalue weighted by Crippen LogP contribution is -2.21. The molecule has 0 radical (unpaired) electrons. The average molecular weight is 421 g/mol. The molecule has 2 amide bonds. The van der Waals surface area contributed by atoms with Gasteiger partial charge in [0.1, 0.15) is 6.54 Å². The molecule has 0 aliphatic rings. The number of benzene rings is 1. The van der Waals surface area contributed by atoms with E-state index in [9.17, 15) is 9.59 Å². The van der Waals surface area contributed by atoms with Gasteiger partial charge in [-0.15, -0.1) is 0 Å². The topological polar surface area (TPSA) is 209 Å². The van der Waals surface area contributed by atoms with Crippen LogP contribution >= 0.6 is 0 Å². The number of nitrogens with one attached hydrogen (secondary N) is 3. The second kappa shape index (κ2) is 7.98. The van der Waals surface area contributed by atoms with Crippen LogP contribution in [0.1, 0.15) is 5.69 Å². The van der Waals surface area contributed by atoms with E-state index in [2.05, 4.69) is 35.6 Å². The molecule has 13 nitrogen and oxygen atoms in total. The molecule has 0 saturated carbocycles. The molecule has 0 bridgehead atoms. The number of nitrogens with two attached hydrogens (primary N) is 3. The maximum atomic E-state index is 12.5. The first kappa shape index (κ1) is 19.6. The average Bonchev–Trinajstić information content (AvgIpc) is 3.30. The third kappa shape index (κ3) is 4.34. The molecule has 13 heteroatoms. The predicted octanol–water partition coefficient (Wildman–Crippen LogP) is 0.124. The van der Waals surface area contributed by atoms with Gasteiger partial charge >= 0.3 is 0 Å². The van der Waals surface area contributed by atoms with E-state index < -0.39 is 11.8 Å². The van der Waals surface area contributed by atoms with Crippen LogP contribution in [0.15, 0.2) is 36.9 Å². The van der Waals surface area contributed by atoms with Crippen LogP contribution in [0.3, 0.4) is 0 Å². The van der Waals surface area contributed by atoms with Gasteiger partial charge in [-0.25, -0.2) is 9.97 Å². The quantitative estimate of drug-likeness (QED) is 0.224. The van der Waals surface area contributed by atoms with Gasteiger partial charge in [0.25, 0.3) is 0 Å². The van der Waals surface area contributed by atoms with E-state index in [0.29, 0.717) is 28.4 Å². The summed E-state index contributed by atoms with van der Waals surface area (Å²) in [5, 5.41) is 5.76. The number of imidazole rings is 2. The molecule has 0 aliphatic heterocycles. The fraction of sp³-hybridized carbons (Fsp3) is 0.111. The van der Waals surface area contributed by atoms with Gasteiger partial charge < -0.3 is 37.4 Å². The molecule has 3 aromatic heterocycles. The van der Waals surface area contributed by atoms with Crippen molar-refractivity contribution in [1.82, 2.24) is 29.5 Å². The third-order valence-corrected chi connectivity index (χ3v) is 4.30. The van der Waals surface area contributed by atoms with Crippen LogP contribution in [0.4, 0.5) is 29.0 Å². The second-order valence-electron chi connectivity index (χ2n) is 6.64. The van der Waals surface area contributed by atoms with Gasteiger partial charge in [-0.05, 0) is 24.3 Å². The Morgan fingerprint density at radius 1 is 1.06 bits per heavy atom. The van der Waals surface area contributed by atoms with Gasteiger partial charge in [0.2, 0.25) is 17.8 Å². The van der Waals surface area contributed by atoms with Crippen molar-refractivity contribution in [3.05, 3.63) is 42.6 Å². The van der Waals surface area contributed by atoms with Crippen molar-refractivity contribution in [1.29, 1.82) is 0 Å². The maximum absolute atomic E-state index is 12.5. The SMILES string of the molecule is NC(=O)Cc1[nH]cnc1NC(=O)Cn1cnc2c(Nc3ccc(N)cc3)nc(N)nc21. The maximum Gasteiger partial charge on any atom is 0.245 e. The molecule has 0 spiro atoms. The predicted molar refractivity (Wildman–Crippen MR) is 114 cm³/mol. The summed E-state index contributed by atoms with van der Waals surface area (Å²) >= 11 is 0. The lowest BCUT2D eigenvalue weighted by Gasteiger charge is -2.09. The van der Waals surface area contributed by atoms with E-state index in [-0.39, 0.29) is 24.7 Å². The number of primary amides is 1. The number of hydrogen-bond acceptors (Lipinski definition) is 9. The number of rotatable bonds is 7. The molecule has 3 heterocycles. The Bertz CT molecular complexity index is 1260. The zero-order valence-electron chi connectivity index (χ0n) is 16.2. The Morgan fingerprint density at radius 2 is 1.84 bits per heavy atom. The number of aromatic nitrogens is 6. The molecule has 1 aromatic carbocycles. The summed E-state index contributed by atoms with van der Waals surface area (Å²) in [7, 11) is 0. The Morgan fingerprint density at radius 3 is 2.58 bits per heavy atom. The number of carbonyl (C=O) groups is 2. The van der Waals surface area contributed by atoms with Gasteiger partial charge in [-0.2, -0.15) is 9.97 Å². The lowest BCUT2D eigenvalue weighted by atomic mass is 10.3. The van der Waals surface area contributed by atoms with Crippen molar-refractivity contribution in [2.45, 2.75) is 13.0 Å². The molecular formula is C18H19N11O2. The number of nitrogen functional groups attached to an aromatic ring is 2. The van der Waals surface area contributed by atoms with Gasteiger partial charge in [0.15, 0.2) is 22.8 Å². The normalized spacial score (nSPS) is 10.8. The Hall–Kier alpha value is -4.68. The van der Waals surface area contributed by atoms with Crippen molar-refractivity contribution in [3.8, 4) is 0 Å². The van der Waals surface area contributed by atoms with Crippen LogP contribution in [0, 0.1) is 0 Å². The second-order valence-corrected chi connectivity index (χ2v) is 6.64. The first-order valence-corrected chi connectivity index (χ1v) is 9.10. The fourth-order valence-electron chi connectivity index (χ4n) is 2.93. The minimum atomic E-state index is -0.548. The third-order valence-electron chi connectivity index (χ3n) is 4.30. The van der Waals surface area contributed by atoms with E-state index in [1.54, 1.807) is 24.3 Å². The molecule has 4 aromatic rings. The standard InChI is InChI=1S/C18H19N11O2/c19-9-1-3-10(4-2-9)25-16-14-17(28-18(21)27-16)29(8-24-14)6-13(31)26-15-11(5-12(20)30)22-7-23-15/h1-4,7-8H,5-6,19H2,(H2,20,30)(H,22,23)(H,26,31)(H3,21,25,27,28). The fourth-order valence-corrected chi connectivity index (χ4v) is 2.93. The van der Waals surface area contributed by atoms with Crippen molar-refractivity contribution in [3.63, 3.8) is 0 Å². The first-order valence-electron chi connectivity index (χ1n) is 9.10. The molecular weight excluding hydrogens is 402 g/mol. The smallest absolute Gasteiger partial charge is 0.245 e. The van der Waals surface area contributed by atoms with Crippen molar-refractivity contribution in [2.24, 2.45) is 5.73 Å². The highest BCUT2D eigenvalue weighted by atomic mass is 16.2. The van der Waals surface area contributed by atoms with Crippen LogP contribution in [0.5, 0.6) is 0 Å². The number of aromatic amines is 1. The van der Waals surface area contributed by atoms with E-state index in [1.165, 1.54) is 17.2 Å². The number of carbonyl (C=O) groups excluding carboxylic acids is 2. The monoisotopic (exact) mass is 421 g/mol. The minimum Gasteiger partial charge on any atom is -0.399 e. The molecule has 158 valence electrons. The molecule has 0 unspecified atom stereocenters.